The van der Waals surface area contributed by atoms with Gasteiger partial charge in [0, 0.05) is 56.4 Å². The maximum Gasteiger partial charge on any atom is 0.131 e. The molecule has 0 unspecified atom stereocenters. The fraction of sp³-hybridized carbons (Fsp3) is 0.514. The summed E-state index contributed by atoms with van der Waals surface area (Å²) in [6.45, 7) is 30.1. The van der Waals surface area contributed by atoms with Crippen molar-refractivity contribution in [3.05, 3.63) is 88.0 Å². The predicted molar refractivity (Wildman–Crippen MR) is 197 cm³/mol. The van der Waals surface area contributed by atoms with E-state index in [9.17, 15) is 0 Å². The molecule has 2 N–H and O–H groups in total. The minimum atomic E-state index is -1.61. The topological polar surface area (TPSA) is 61.7 Å². The molecule has 0 aliphatic heterocycles. The number of nitrogen functional groups attached to an aromatic ring is 1. The normalized spacial score (nSPS) is 12.7. The fourth-order valence-electron chi connectivity index (χ4n) is 5.18. The first-order chi connectivity index (χ1) is 20.1. The van der Waals surface area contributed by atoms with Crippen molar-refractivity contribution in [3.8, 4) is 0 Å². The standard InChI is InChI=1S/C19H30N2Si.C18H29N3Si/c1-14-9-10-16(11-15(14)2)12-17-13-20-18(21(17)6)22(7,8)19(3,4)5;1-13-8-9-14(11-16(13)19)10-15-12-20-17(21(15)5)22(6,7)18(2,3)4/h9-11,13H,12H2,1-8H3;8-9,11-12H,10,19H2,1-7H3. The summed E-state index contributed by atoms with van der Waals surface area (Å²) < 4.78 is 4.64. The molecule has 2 aromatic heterocycles. The van der Waals surface area contributed by atoms with Crippen molar-refractivity contribution in [2.24, 2.45) is 14.1 Å². The molecule has 0 atom stereocenters. The first-order valence-corrected chi connectivity index (χ1v) is 22.0. The molecule has 0 bridgehead atoms. The van der Waals surface area contributed by atoms with Crippen molar-refractivity contribution in [1.29, 1.82) is 0 Å². The molecule has 0 aliphatic rings. The largest absolute Gasteiger partial charge is 0.399 e. The smallest absolute Gasteiger partial charge is 0.131 e. The van der Waals surface area contributed by atoms with Crippen LogP contribution in [0.15, 0.2) is 48.8 Å². The number of aryl methyl sites for hydroxylation is 3. The Kier molecular flexibility index (Phi) is 10.4. The third-order valence-electron chi connectivity index (χ3n) is 10.7. The van der Waals surface area contributed by atoms with Gasteiger partial charge in [0.15, 0.2) is 0 Å². The Balaban J connectivity index is 0.000000240. The summed E-state index contributed by atoms with van der Waals surface area (Å²) in [6.07, 6.45) is 5.94. The minimum absolute atomic E-state index is 0.289. The Morgan fingerprint density at radius 1 is 0.614 bits per heavy atom. The lowest BCUT2D eigenvalue weighted by Gasteiger charge is -2.36. The lowest BCUT2D eigenvalue weighted by Crippen LogP contribution is -2.53. The van der Waals surface area contributed by atoms with Gasteiger partial charge in [0.25, 0.3) is 0 Å². The Hall–Kier alpha value is -2.91. The number of imidazole rings is 2. The van der Waals surface area contributed by atoms with Gasteiger partial charge in [0.2, 0.25) is 0 Å². The zero-order valence-corrected chi connectivity index (χ0v) is 32.4. The van der Waals surface area contributed by atoms with E-state index in [1.807, 2.05) is 13.1 Å². The van der Waals surface area contributed by atoms with Gasteiger partial charge in [-0.2, -0.15) is 0 Å². The molecule has 0 aliphatic carbocycles. The number of aromatic nitrogens is 4. The minimum Gasteiger partial charge on any atom is -0.399 e. The van der Waals surface area contributed by atoms with Gasteiger partial charge in [-0.05, 0) is 64.7 Å². The molecule has 4 aromatic rings. The van der Waals surface area contributed by atoms with Crippen molar-refractivity contribution in [2.75, 3.05) is 5.73 Å². The van der Waals surface area contributed by atoms with E-state index >= 15 is 0 Å². The quantitative estimate of drug-likeness (QED) is 0.174. The van der Waals surface area contributed by atoms with Gasteiger partial charge in [-0.15, -0.1) is 0 Å². The molecular weight excluding hydrogens is 571 g/mol. The van der Waals surface area contributed by atoms with Crippen LogP contribution in [0.25, 0.3) is 0 Å². The highest BCUT2D eigenvalue weighted by Gasteiger charge is 2.41. The first kappa shape index (κ1) is 35.6. The summed E-state index contributed by atoms with van der Waals surface area (Å²) in [5.41, 5.74) is 18.5. The van der Waals surface area contributed by atoms with Crippen LogP contribution in [0.2, 0.25) is 36.3 Å². The molecule has 0 fully saturated rings. The molecule has 5 nitrogen and oxygen atoms in total. The summed E-state index contributed by atoms with van der Waals surface area (Å²) in [6, 6.07) is 13.1. The number of rotatable bonds is 6. The molecule has 0 saturated carbocycles. The zero-order chi connectivity index (χ0) is 33.4. The van der Waals surface area contributed by atoms with E-state index in [2.05, 4.69) is 147 Å². The number of hydrogen-bond donors (Lipinski definition) is 1. The number of anilines is 1. The van der Waals surface area contributed by atoms with Crippen LogP contribution in [-0.4, -0.2) is 35.2 Å². The molecule has 2 heterocycles. The van der Waals surface area contributed by atoms with Gasteiger partial charge in [-0.3, -0.25) is 0 Å². The monoisotopic (exact) mass is 629 g/mol. The number of nitrogens with two attached hydrogens (primary N) is 1. The highest BCUT2D eigenvalue weighted by Crippen LogP contribution is 2.36. The third kappa shape index (κ3) is 7.48. The lowest BCUT2D eigenvalue weighted by atomic mass is 10.0. The van der Waals surface area contributed by atoms with Gasteiger partial charge < -0.3 is 14.9 Å². The summed E-state index contributed by atoms with van der Waals surface area (Å²) in [5.74, 6) is 0. The Labute approximate surface area is 270 Å². The van der Waals surface area contributed by atoms with Gasteiger partial charge in [-0.25, -0.2) is 9.97 Å². The number of hydrogen-bond acceptors (Lipinski definition) is 3. The van der Waals surface area contributed by atoms with Gasteiger partial charge in [0.05, 0.1) is 10.9 Å². The van der Waals surface area contributed by atoms with Crippen LogP contribution < -0.4 is 16.6 Å². The molecule has 44 heavy (non-hydrogen) atoms. The molecule has 7 heteroatoms. The average molecular weight is 630 g/mol. The van der Waals surface area contributed by atoms with E-state index in [1.165, 1.54) is 44.5 Å². The van der Waals surface area contributed by atoms with Crippen LogP contribution in [0.4, 0.5) is 5.69 Å². The molecule has 0 saturated heterocycles. The van der Waals surface area contributed by atoms with Crippen molar-refractivity contribution in [2.45, 2.75) is 111 Å². The van der Waals surface area contributed by atoms with E-state index in [4.69, 9.17) is 15.7 Å². The molecule has 2 aromatic carbocycles. The number of nitrogens with zero attached hydrogens (tertiary/aromatic N) is 4. The van der Waals surface area contributed by atoms with E-state index < -0.39 is 16.1 Å². The highest BCUT2D eigenvalue weighted by molar-refractivity contribution is 6.91. The first-order valence-electron chi connectivity index (χ1n) is 16.0. The van der Waals surface area contributed by atoms with E-state index in [-0.39, 0.29) is 5.04 Å². The van der Waals surface area contributed by atoms with Crippen LogP contribution in [0.3, 0.4) is 0 Å². The highest BCUT2D eigenvalue weighted by atomic mass is 28.3. The second-order valence-corrected chi connectivity index (χ2v) is 26.4. The van der Waals surface area contributed by atoms with Gasteiger partial charge in [-0.1, -0.05) is 98.1 Å². The number of benzene rings is 2. The van der Waals surface area contributed by atoms with Crippen molar-refractivity contribution in [3.63, 3.8) is 0 Å². The van der Waals surface area contributed by atoms with Gasteiger partial charge >= 0.3 is 0 Å². The fourth-order valence-corrected chi connectivity index (χ4v) is 9.26. The van der Waals surface area contributed by atoms with Crippen LogP contribution in [-0.2, 0) is 26.9 Å². The molecule has 0 radical (unpaired) electrons. The third-order valence-corrected chi connectivity index (χ3v) is 21.4. The maximum absolute atomic E-state index is 6.03. The predicted octanol–water partition coefficient (Wildman–Crippen LogP) is 7.96. The van der Waals surface area contributed by atoms with Crippen LogP contribution in [0, 0.1) is 20.8 Å². The Morgan fingerprint density at radius 3 is 1.36 bits per heavy atom. The molecule has 0 spiro atoms. The summed E-state index contributed by atoms with van der Waals surface area (Å²) in [4.78, 5) is 9.60. The summed E-state index contributed by atoms with van der Waals surface area (Å²) in [7, 11) is 1.12. The summed E-state index contributed by atoms with van der Waals surface area (Å²) in [5, 5.41) is 0.599. The van der Waals surface area contributed by atoms with Gasteiger partial charge in [0.1, 0.15) is 16.1 Å². The lowest BCUT2D eigenvalue weighted by molar-refractivity contribution is 0.720. The molecule has 0 amide bonds. The van der Waals surface area contributed by atoms with E-state index in [0.717, 1.165) is 24.1 Å². The van der Waals surface area contributed by atoms with Crippen LogP contribution in [0.5, 0.6) is 0 Å². The second-order valence-electron chi connectivity index (χ2n) is 16.0. The Morgan fingerprint density at radius 2 is 1.00 bits per heavy atom. The summed E-state index contributed by atoms with van der Waals surface area (Å²) >= 11 is 0. The van der Waals surface area contributed by atoms with E-state index in [1.54, 1.807) is 0 Å². The molecular formula is C37H59N5Si2. The second kappa shape index (κ2) is 12.8. The zero-order valence-electron chi connectivity index (χ0n) is 30.4. The molecule has 240 valence electrons. The van der Waals surface area contributed by atoms with Crippen molar-refractivity contribution < 1.29 is 0 Å². The maximum atomic E-state index is 6.03. The molecule has 4 rings (SSSR count). The van der Waals surface area contributed by atoms with Crippen LogP contribution >= 0.6 is 0 Å². The average Bonchev–Trinajstić information content (AvgIpc) is 3.45. The van der Waals surface area contributed by atoms with Crippen molar-refractivity contribution in [1.82, 2.24) is 19.1 Å². The van der Waals surface area contributed by atoms with Crippen molar-refractivity contribution >= 4 is 32.7 Å². The van der Waals surface area contributed by atoms with E-state index in [0.29, 0.717) is 5.04 Å². The van der Waals surface area contributed by atoms with Crippen LogP contribution in [0.1, 0.15) is 80.7 Å². The Bertz CT molecular complexity index is 1470. The SMILES string of the molecule is Cc1ccc(Cc2cnc([Si](C)(C)C(C)(C)C)n2C)cc1C.Cc1ccc(Cc2cnc([Si](C)(C)C(C)(C)C)n2C)cc1N.